The molecule has 11 heavy (non-hydrogen) atoms. The van der Waals surface area contributed by atoms with Gasteiger partial charge in [0.2, 0.25) is 0 Å². The van der Waals surface area contributed by atoms with Gasteiger partial charge in [0.15, 0.2) is 0 Å². The van der Waals surface area contributed by atoms with Crippen molar-refractivity contribution < 1.29 is 0 Å². The van der Waals surface area contributed by atoms with Gasteiger partial charge in [-0.15, -0.1) is 0 Å². The van der Waals surface area contributed by atoms with Crippen molar-refractivity contribution in [1.29, 1.82) is 0 Å². The lowest BCUT2D eigenvalue weighted by Crippen LogP contribution is -2.53. The van der Waals surface area contributed by atoms with Gasteiger partial charge < -0.3 is 0 Å². The highest BCUT2D eigenvalue weighted by molar-refractivity contribution is 6.12. The Morgan fingerprint density at radius 1 is 1.27 bits per heavy atom. The highest BCUT2D eigenvalue weighted by atomic mass is 14.6. The summed E-state index contributed by atoms with van der Waals surface area (Å²) in [5.41, 5.74) is 0.686. The summed E-state index contributed by atoms with van der Waals surface area (Å²) in [5, 5.41) is 0. The van der Waals surface area contributed by atoms with Crippen LogP contribution >= 0.6 is 0 Å². The maximum absolute atomic E-state index is 2.47. The van der Waals surface area contributed by atoms with Crippen LogP contribution in [0.15, 0.2) is 0 Å². The molecule has 0 aromatic heterocycles. The summed E-state index contributed by atoms with van der Waals surface area (Å²) in [7, 11) is 2.43. The average molecular weight is 150 g/mol. The van der Waals surface area contributed by atoms with E-state index in [1.54, 1.807) is 0 Å². The SMILES string of the molecule is B[C@H]1C[C@H]2C[C@H]([C@H]1C)C2(C)C. The largest absolute Gasteiger partial charge is 0.105 e. The van der Waals surface area contributed by atoms with Crippen molar-refractivity contribution in [3.05, 3.63) is 0 Å². The predicted molar refractivity (Wildman–Crippen MR) is 51.5 cm³/mol. The first kappa shape index (κ1) is 7.70. The molecular weight excluding hydrogens is 131 g/mol. The van der Waals surface area contributed by atoms with E-state index in [4.69, 9.17) is 0 Å². The van der Waals surface area contributed by atoms with Gasteiger partial charge in [0.05, 0.1) is 0 Å². The minimum atomic E-state index is 0.686. The van der Waals surface area contributed by atoms with Gasteiger partial charge in [0, 0.05) is 0 Å². The summed E-state index contributed by atoms with van der Waals surface area (Å²) in [5.74, 6) is 4.07. The van der Waals surface area contributed by atoms with Crippen molar-refractivity contribution in [2.45, 2.75) is 39.4 Å². The van der Waals surface area contributed by atoms with Crippen LogP contribution in [0.5, 0.6) is 0 Å². The first-order chi connectivity index (χ1) is 5.03. The summed E-state index contributed by atoms with van der Waals surface area (Å²) in [6.07, 6.45) is 3.02. The molecule has 3 aliphatic rings. The fourth-order valence-electron chi connectivity index (χ4n) is 3.41. The van der Waals surface area contributed by atoms with E-state index in [-0.39, 0.29) is 0 Å². The Hall–Kier alpha value is 0.0649. The molecule has 0 radical (unpaired) electrons. The third-order valence-electron chi connectivity index (χ3n) is 4.73. The molecule has 0 nitrogen and oxygen atoms in total. The summed E-state index contributed by atoms with van der Waals surface area (Å²) in [4.78, 5) is 0. The Balaban J connectivity index is 2.17. The Kier molecular flexibility index (Phi) is 1.44. The van der Waals surface area contributed by atoms with Gasteiger partial charge in [0.1, 0.15) is 7.85 Å². The molecule has 0 aromatic carbocycles. The van der Waals surface area contributed by atoms with Crippen LogP contribution in [0.2, 0.25) is 5.82 Å². The van der Waals surface area contributed by atoms with Gasteiger partial charge in [-0.05, 0) is 29.6 Å². The van der Waals surface area contributed by atoms with Crippen molar-refractivity contribution in [2.75, 3.05) is 0 Å². The molecule has 4 atom stereocenters. The second-order valence-electron chi connectivity index (χ2n) is 5.43. The standard InChI is InChI=1S/C10H19B/c1-6-8-4-7(5-9(6)11)10(8,2)3/h6-9H,4-5,11H2,1-3H3/t6-,7-,8-,9+/m1/s1. The van der Waals surface area contributed by atoms with Crippen molar-refractivity contribution in [1.82, 2.24) is 0 Å². The third-order valence-corrected chi connectivity index (χ3v) is 4.73. The van der Waals surface area contributed by atoms with Gasteiger partial charge in [-0.3, -0.25) is 0 Å². The number of rotatable bonds is 0. The van der Waals surface area contributed by atoms with Gasteiger partial charge in [-0.2, -0.15) is 0 Å². The lowest BCUT2D eigenvalue weighted by molar-refractivity contribution is -0.0979. The van der Waals surface area contributed by atoms with Gasteiger partial charge in [-0.25, -0.2) is 0 Å². The van der Waals surface area contributed by atoms with E-state index < -0.39 is 0 Å². The lowest BCUT2D eigenvalue weighted by Gasteiger charge is -2.62. The first-order valence-electron chi connectivity index (χ1n) is 5.03. The van der Waals surface area contributed by atoms with Crippen molar-refractivity contribution in [3.8, 4) is 0 Å². The van der Waals surface area contributed by atoms with Crippen LogP contribution in [0.1, 0.15) is 33.6 Å². The normalized spacial score (nSPS) is 53.4. The monoisotopic (exact) mass is 150 g/mol. The maximum Gasteiger partial charge on any atom is 0.105 e. The van der Waals surface area contributed by atoms with Crippen molar-refractivity contribution in [3.63, 3.8) is 0 Å². The molecule has 0 aromatic rings. The van der Waals surface area contributed by atoms with Gasteiger partial charge >= 0.3 is 0 Å². The number of hydrogen-bond donors (Lipinski definition) is 0. The van der Waals surface area contributed by atoms with E-state index in [0.29, 0.717) is 5.41 Å². The minimum absolute atomic E-state index is 0.686. The Morgan fingerprint density at radius 2 is 1.91 bits per heavy atom. The van der Waals surface area contributed by atoms with E-state index in [9.17, 15) is 0 Å². The van der Waals surface area contributed by atoms with E-state index >= 15 is 0 Å². The molecule has 0 N–H and O–H groups in total. The third kappa shape index (κ3) is 0.831. The smallest absolute Gasteiger partial charge is 0.0666 e. The number of fused-ring (bicyclic) bond motifs is 2. The molecule has 3 fully saturated rings. The fraction of sp³-hybridized carbons (Fsp3) is 1.00. The lowest BCUT2D eigenvalue weighted by atomic mass is 9.41. The molecular formula is C10H19B. The molecule has 0 aliphatic heterocycles. The van der Waals surface area contributed by atoms with Crippen LogP contribution < -0.4 is 0 Å². The van der Waals surface area contributed by atoms with Crippen LogP contribution in [-0.2, 0) is 0 Å². The molecule has 0 amide bonds. The summed E-state index contributed by atoms with van der Waals surface area (Å²) in [6.45, 7) is 7.38. The van der Waals surface area contributed by atoms with Crippen LogP contribution in [-0.4, -0.2) is 7.85 Å². The van der Waals surface area contributed by atoms with E-state index in [2.05, 4.69) is 28.6 Å². The van der Waals surface area contributed by atoms with Crippen molar-refractivity contribution >= 4 is 7.85 Å². The van der Waals surface area contributed by atoms with E-state index in [0.717, 1.165) is 23.6 Å². The molecule has 62 valence electrons. The predicted octanol–water partition coefficient (Wildman–Crippen LogP) is 2.11. The Labute approximate surface area is 71.2 Å². The second kappa shape index (κ2) is 2.05. The molecule has 1 heteroatoms. The zero-order valence-electron chi connectivity index (χ0n) is 8.22. The highest BCUT2D eigenvalue weighted by Crippen LogP contribution is 2.63. The fourth-order valence-corrected chi connectivity index (χ4v) is 3.41. The van der Waals surface area contributed by atoms with E-state index in [1.165, 1.54) is 12.8 Å². The van der Waals surface area contributed by atoms with Crippen LogP contribution in [0, 0.1) is 23.2 Å². The minimum Gasteiger partial charge on any atom is -0.0666 e. The Morgan fingerprint density at radius 3 is 2.27 bits per heavy atom. The van der Waals surface area contributed by atoms with Gasteiger partial charge in [0.25, 0.3) is 0 Å². The van der Waals surface area contributed by atoms with Crippen molar-refractivity contribution in [2.24, 2.45) is 23.2 Å². The summed E-state index contributed by atoms with van der Waals surface area (Å²) < 4.78 is 0. The van der Waals surface area contributed by atoms with Crippen LogP contribution in [0.25, 0.3) is 0 Å². The topological polar surface area (TPSA) is 0 Å². The average Bonchev–Trinajstić information content (AvgIpc) is 1.93. The highest BCUT2D eigenvalue weighted by Gasteiger charge is 2.54. The summed E-state index contributed by atoms with van der Waals surface area (Å²) in [6, 6.07) is 0. The molecule has 3 rings (SSSR count). The Bertz CT molecular complexity index is 174. The molecule has 0 saturated heterocycles. The number of hydrogen-bond acceptors (Lipinski definition) is 0. The summed E-state index contributed by atoms with van der Waals surface area (Å²) >= 11 is 0. The van der Waals surface area contributed by atoms with Crippen LogP contribution in [0.4, 0.5) is 0 Å². The first-order valence-corrected chi connectivity index (χ1v) is 5.03. The molecule has 0 heterocycles. The quantitative estimate of drug-likeness (QED) is 0.464. The molecule has 2 bridgehead atoms. The molecule has 0 unspecified atom stereocenters. The van der Waals surface area contributed by atoms with Crippen LogP contribution in [0.3, 0.4) is 0 Å². The molecule has 3 saturated carbocycles. The van der Waals surface area contributed by atoms with Gasteiger partial charge in [-0.1, -0.05) is 33.0 Å². The molecule has 0 spiro atoms. The van der Waals surface area contributed by atoms with E-state index in [1.807, 2.05) is 0 Å². The zero-order valence-corrected chi connectivity index (χ0v) is 8.22. The maximum atomic E-state index is 2.47. The molecule has 3 aliphatic carbocycles. The second-order valence-corrected chi connectivity index (χ2v) is 5.43. The zero-order chi connectivity index (χ0) is 8.22.